The van der Waals surface area contributed by atoms with E-state index in [1.807, 2.05) is 32.9 Å². The minimum absolute atomic E-state index is 0.141. The highest BCUT2D eigenvalue weighted by atomic mass is 16.5. The van der Waals surface area contributed by atoms with Crippen molar-refractivity contribution in [1.82, 2.24) is 0 Å². The number of carbonyl (C=O) groups excluding carboxylic acids is 3. The number of aryl methyl sites for hydroxylation is 3. The number of hydrogen-bond donors (Lipinski definition) is 1. The molecule has 0 saturated carbocycles. The fourth-order valence-corrected chi connectivity index (χ4v) is 2.57. The van der Waals surface area contributed by atoms with Gasteiger partial charge in [-0.05, 0) is 61.7 Å². The van der Waals surface area contributed by atoms with Crippen LogP contribution in [-0.2, 0) is 9.47 Å². The van der Waals surface area contributed by atoms with Gasteiger partial charge in [0.05, 0.1) is 25.3 Å². The van der Waals surface area contributed by atoms with E-state index >= 15 is 0 Å². The lowest BCUT2D eigenvalue weighted by Crippen LogP contribution is -2.15. The summed E-state index contributed by atoms with van der Waals surface area (Å²) in [6.07, 6.45) is 0. The first-order valence-corrected chi connectivity index (χ1v) is 7.97. The number of nitrogens with one attached hydrogen (secondary N) is 1. The van der Waals surface area contributed by atoms with Crippen LogP contribution in [0, 0.1) is 20.8 Å². The summed E-state index contributed by atoms with van der Waals surface area (Å²) in [5, 5.41) is 2.73. The van der Waals surface area contributed by atoms with Crippen molar-refractivity contribution >= 4 is 23.5 Å². The summed E-state index contributed by atoms with van der Waals surface area (Å²) in [4.78, 5) is 36.3. The fraction of sp³-hybridized carbons (Fsp3) is 0.250. The highest BCUT2D eigenvalue weighted by Crippen LogP contribution is 2.20. The normalized spacial score (nSPS) is 10.2. The third-order valence-corrected chi connectivity index (χ3v) is 4.12. The van der Waals surface area contributed by atoms with Crippen LogP contribution in [0.15, 0.2) is 30.3 Å². The molecule has 26 heavy (non-hydrogen) atoms. The van der Waals surface area contributed by atoms with E-state index in [1.54, 1.807) is 0 Å². The number of methoxy groups -OCH3 is 2. The van der Waals surface area contributed by atoms with Gasteiger partial charge < -0.3 is 14.8 Å². The van der Waals surface area contributed by atoms with E-state index < -0.39 is 11.9 Å². The van der Waals surface area contributed by atoms with Gasteiger partial charge in [0.25, 0.3) is 5.91 Å². The van der Waals surface area contributed by atoms with Gasteiger partial charge in [-0.2, -0.15) is 0 Å². The second-order valence-corrected chi connectivity index (χ2v) is 5.99. The van der Waals surface area contributed by atoms with Gasteiger partial charge in [-0.25, -0.2) is 9.59 Å². The second-order valence-electron chi connectivity index (χ2n) is 5.99. The molecule has 0 saturated heterocycles. The molecule has 0 unspecified atom stereocenters. The Labute approximate surface area is 152 Å². The Morgan fingerprint density at radius 1 is 0.731 bits per heavy atom. The van der Waals surface area contributed by atoms with Crippen LogP contribution in [0.25, 0.3) is 0 Å². The van der Waals surface area contributed by atoms with Gasteiger partial charge in [-0.15, -0.1) is 0 Å². The van der Waals surface area contributed by atoms with Crippen LogP contribution in [0.5, 0.6) is 0 Å². The molecule has 6 heteroatoms. The molecule has 0 spiro atoms. The number of ether oxygens (including phenoxy) is 2. The summed E-state index contributed by atoms with van der Waals surface area (Å²) in [7, 11) is 2.48. The number of anilines is 1. The van der Waals surface area contributed by atoms with Gasteiger partial charge >= 0.3 is 11.9 Å². The summed E-state index contributed by atoms with van der Waals surface area (Å²) in [5.41, 5.74) is 4.04. The van der Waals surface area contributed by atoms with E-state index in [1.165, 1.54) is 32.4 Å². The van der Waals surface area contributed by atoms with Crippen molar-refractivity contribution in [2.45, 2.75) is 20.8 Å². The molecule has 0 aliphatic rings. The quantitative estimate of drug-likeness (QED) is 0.850. The third-order valence-electron chi connectivity index (χ3n) is 4.12. The molecule has 2 aromatic rings. The minimum Gasteiger partial charge on any atom is -0.465 e. The van der Waals surface area contributed by atoms with E-state index in [0.717, 1.165) is 16.7 Å². The smallest absolute Gasteiger partial charge is 0.337 e. The largest absolute Gasteiger partial charge is 0.465 e. The van der Waals surface area contributed by atoms with Gasteiger partial charge in [-0.3, -0.25) is 4.79 Å². The molecule has 0 aliphatic carbocycles. The summed E-state index contributed by atoms with van der Waals surface area (Å²) in [5.74, 6) is -1.56. The molecule has 0 radical (unpaired) electrons. The zero-order valence-corrected chi connectivity index (χ0v) is 15.4. The highest BCUT2D eigenvalue weighted by molar-refractivity contribution is 6.07. The summed E-state index contributed by atoms with van der Waals surface area (Å²) in [6.45, 7) is 5.76. The van der Waals surface area contributed by atoms with E-state index in [-0.39, 0.29) is 17.0 Å². The number of hydrogen-bond acceptors (Lipinski definition) is 5. The van der Waals surface area contributed by atoms with E-state index in [9.17, 15) is 14.4 Å². The average Bonchev–Trinajstić information content (AvgIpc) is 2.62. The first kappa shape index (κ1) is 19.2. The van der Waals surface area contributed by atoms with Crippen LogP contribution in [-0.4, -0.2) is 32.1 Å². The van der Waals surface area contributed by atoms with Crippen LogP contribution in [0.1, 0.15) is 47.8 Å². The van der Waals surface area contributed by atoms with E-state index in [4.69, 9.17) is 9.47 Å². The topological polar surface area (TPSA) is 81.7 Å². The molecule has 1 amide bonds. The Bertz CT molecular complexity index is 852. The second kappa shape index (κ2) is 7.82. The lowest BCUT2D eigenvalue weighted by atomic mass is 10.00. The van der Waals surface area contributed by atoms with Crippen LogP contribution in [0.4, 0.5) is 5.69 Å². The van der Waals surface area contributed by atoms with Gasteiger partial charge in [0.15, 0.2) is 0 Å². The predicted molar refractivity (Wildman–Crippen MR) is 97.7 cm³/mol. The van der Waals surface area contributed by atoms with Gasteiger partial charge in [0.1, 0.15) is 0 Å². The monoisotopic (exact) mass is 355 g/mol. The molecule has 136 valence electrons. The van der Waals surface area contributed by atoms with Crippen LogP contribution in [0.2, 0.25) is 0 Å². The van der Waals surface area contributed by atoms with Crippen molar-refractivity contribution < 1.29 is 23.9 Å². The standard InChI is InChI=1S/C20H21NO5/c1-11-6-13(3)17(7-12(11)2)18(22)21-16-9-14(19(23)25-4)8-15(10-16)20(24)26-5/h6-10H,1-5H3,(H,21,22). The molecule has 0 aromatic heterocycles. The van der Waals surface area contributed by atoms with Gasteiger partial charge in [0, 0.05) is 11.3 Å². The fourth-order valence-electron chi connectivity index (χ4n) is 2.57. The van der Waals surface area contributed by atoms with Crippen molar-refractivity contribution in [3.63, 3.8) is 0 Å². The molecule has 0 aliphatic heterocycles. The van der Waals surface area contributed by atoms with Crippen LogP contribution >= 0.6 is 0 Å². The third kappa shape index (κ3) is 4.08. The molecular weight excluding hydrogens is 334 g/mol. The van der Waals surface area contributed by atoms with Crippen molar-refractivity contribution in [2.75, 3.05) is 19.5 Å². The molecule has 1 N–H and O–H groups in total. The predicted octanol–water partition coefficient (Wildman–Crippen LogP) is 3.44. The number of benzene rings is 2. The zero-order chi connectivity index (χ0) is 19.4. The first-order valence-electron chi connectivity index (χ1n) is 7.97. The Balaban J connectivity index is 2.42. The maximum Gasteiger partial charge on any atom is 0.337 e. The van der Waals surface area contributed by atoms with E-state index in [0.29, 0.717) is 11.3 Å². The molecular formula is C20H21NO5. The first-order chi connectivity index (χ1) is 12.3. The number of esters is 2. The SMILES string of the molecule is COC(=O)c1cc(NC(=O)c2cc(C)c(C)cc2C)cc(C(=O)OC)c1. The lowest BCUT2D eigenvalue weighted by Gasteiger charge is -2.12. The van der Waals surface area contributed by atoms with Crippen molar-refractivity contribution in [3.8, 4) is 0 Å². The van der Waals surface area contributed by atoms with Crippen molar-refractivity contribution in [2.24, 2.45) is 0 Å². The van der Waals surface area contributed by atoms with Crippen molar-refractivity contribution in [3.05, 3.63) is 63.7 Å². The Hall–Kier alpha value is -3.15. The van der Waals surface area contributed by atoms with Crippen LogP contribution in [0.3, 0.4) is 0 Å². The minimum atomic E-state index is -0.617. The van der Waals surface area contributed by atoms with Gasteiger partial charge in [0.2, 0.25) is 0 Å². The molecule has 0 fully saturated rings. The number of amides is 1. The molecule has 6 nitrogen and oxygen atoms in total. The van der Waals surface area contributed by atoms with Gasteiger partial charge in [-0.1, -0.05) is 6.07 Å². The maximum absolute atomic E-state index is 12.7. The summed E-state index contributed by atoms with van der Waals surface area (Å²) >= 11 is 0. The highest BCUT2D eigenvalue weighted by Gasteiger charge is 2.16. The molecule has 0 bridgehead atoms. The lowest BCUT2D eigenvalue weighted by molar-refractivity contribution is 0.0599. The Morgan fingerprint density at radius 3 is 1.73 bits per heavy atom. The Kier molecular flexibility index (Phi) is 5.77. The van der Waals surface area contributed by atoms with Crippen molar-refractivity contribution in [1.29, 1.82) is 0 Å². The molecule has 0 atom stereocenters. The molecule has 2 aromatic carbocycles. The maximum atomic E-state index is 12.7. The number of rotatable bonds is 4. The van der Waals surface area contributed by atoms with Crippen LogP contribution < -0.4 is 5.32 Å². The molecule has 2 rings (SSSR count). The molecule has 0 heterocycles. The summed E-state index contributed by atoms with van der Waals surface area (Å²) in [6, 6.07) is 8.01. The van der Waals surface area contributed by atoms with E-state index in [2.05, 4.69) is 5.32 Å². The zero-order valence-electron chi connectivity index (χ0n) is 15.4. The number of carbonyl (C=O) groups is 3. The Morgan fingerprint density at radius 2 is 1.23 bits per heavy atom. The summed E-state index contributed by atoms with van der Waals surface area (Å²) < 4.78 is 9.39. The average molecular weight is 355 g/mol.